The van der Waals surface area contributed by atoms with Gasteiger partial charge < -0.3 is 29.7 Å². The molecule has 0 saturated heterocycles. The van der Waals surface area contributed by atoms with Gasteiger partial charge >= 0.3 is 21.7 Å². The second-order valence-corrected chi connectivity index (χ2v) is 5.63. The van der Waals surface area contributed by atoms with E-state index in [0.29, 0.717) is 11.8 Å². The Balaban J connectivity index is -0.000000853. The van der Waals surface area contributed by atoms with Crippen molar-refractivity contribution < 1.29 is 46.5 Å². The van der Waals surface area contributed by atoms with Crippen molar-refractivity contribution in [2.45, 2.75) is 46.0 Å². The van der Waals surface area contributed by atoms with Gasteiger partial charge in [0, 0.05) is 0 Å². The number of hydrogen-bond donors (Lipinski definition) is 0. The summed E-state index contributed by atoms with van der Waals surface area (Å²) in [7, 11) is 4.28. The standard InChI is InChI=1S/C15H26N.2ClH.Ti/c1-11(2)14-9-13(7-8-16(5)6)15(10-14)12(3)4;;;/h9-12H,7-8H2,1-6H3;2*1H;/q-1;;;+3/p-2. The van der Waals surface area contributed by atoms with E-state index in [1.165, 1.54) is 12.0 Å². The van der Waals surface area contributed by atoms with E-state index in [1.54, 1.807) is 11.1 Å². The SMILES string of the molecule is CC(C)c1cc(C(C)C)[c-](CCN(C)C)c1.[Cl-].[Cl-].[Ti+3]. The predicted molar refractivity (Wildman–Crippen MR) is 72.5 cm³/mol. The molecule has 0 heterocycles. The Morgan fingerprint density at radius 1 is 1.05 bits per heavy atom. The number of likely N-dealkylation sites (N-methyl/N-ethyl adjacent to an activating group) is 1. The van der Waals surface area contributed by atoms with Crippen LogP contribution < -0.4 is 24.8 Å². The fourth-order valence-electron chi connectivity index (χ4n) is 2.03. The molecule has 1 rings (SSSR count). The Bertz CT molecular complexity index is 333. The maximum Gasteiger partial charge on any atom is 3.00 e. The Kier molecular flexibility index (Phi) is 14.6. The Morgan fingerprint density at radius 2 is 1.58 bits per heavy atom. The van der Waals surface area contributed by atoms with E-state index < -0.39 is 0 Å². The number of halogens is 2. The van der Waals surface area contributed by atoms with Crippen LogP contribution in [-0.4, -0.2) is 25.5 Å². The molecule has 0 fully saturated rings. The largest absolute Gasteiger partial charge is 3.00 e. The van der Waals surface area contributed by atoms with E-state index in [0.717, 1.165) is 6.54 Å². The smallest absolute Gasteiger partial charge is 1.00 e. The summed E-state index contributed by atoms with van der Waals surface area (Å²) in [5.41, 5.74) is 4.59. The van der Waals surface area contributed by atoms with E-state index in [2.05, 4.69) is 58.8 Å². The van der Waals surface area contributed by atoms with Gasteiger partial charge in [0.2, 0.25) is 0 Å². The molecule has 109 valence electrons. The van der Waals surface area contributed by atoms with Crippen molar-refractivity contribution in [2.75, 3.05) is 20.6 Å². The summed E-state index contributed by atoms with van der Waals surface area (Å²) in [6, 6.07) is 4.81. The van der Waals surface area contributed by atoms with Gasteiger partial charge in [-0.05, 0) is 26.6 Å². The molecule has 0 atom stereocenters. The predicted octanol–water partition coefficient (Wildman–Crippen LogP) is -2.24. The van der Waals surface area contributed by atoms with Crippen LogP contribution in [0.1, 0.15) is 56.2 Å². The Labute approximate surface area is 146 Å². The molecule has 1 aromatic carbocycles. The van der Waals surface area contributed by atoms with Gasteiger partial charge in [-0.2, -0.15) is 22.8 Å². The Hall–Kier alpha value is 0.604. The summed E-state index contributed by atoms with van der Waals surface area (Å²) < 4.78 is 0. The first-order valence-corrected chi connectivity index (χ1v) is 6.36. The Morgan fingerprint density at radius 3 is 1.95 bits per heavy atom. The second-order valence-electron chi connectivity index (χ2n) is 5.63. The number of rotatable bonds is 5. The van der Waals surface area contributed by atoms with Crippen molar-refractivity contribution in [2.24, 2.45) is 0 Å². The summed E-state index contributed by atoms with van der Waals surface area (Å²) in [5, 5.41) is 0. The molecular weight excluding hydrogens is 313 g/mol. The molecule has 0 aliphatic rings. The van der Waals surface area contributed by atoms with Gasteiger partial charge in [-0.25, -0.2) is 6.07 Å². The van der Waals surface area contributed by atoms with Crippen molar-refractivity contribution in [3.05, 3.63) is 28.8 Å². The summed E-state index contributed by atoms with van der Waals surface area (Å²) in [6.07, 6.45) is 1.17. The monoisotopic (exact) mass is 338 g/mol. The minimum atomic E-state index is 0. The maximum atomic E-state index is 2.41. The molecule has 0 spiro atoms. The third-order valence-corrected chi connectivity index (χ3v) is 3.15. The summed E-state index contributed by atoms with van der Waals surface area (Å²) >= 11 is 0. The molecule has 0 N–H and O–H groups in total. The summed E-state index contributed by atoms with van der Waals surface area (Å²) in [4.78, 5) is 2.26. The normalized spacial score (nSPS) is 10.2. The molecule has 0 saturated carbocycles. The molecule has 0 bridgehead atoms. The molecule has 0 aliphatic heterocycles. The zero-order valence-electron chi connectivity index (χ0n) is 12.9. The average Bonchev–Trinajstić information content (AvgIpc) is 2.58. The molecule has 1 aromatic rings. The van der Waals surface area contributed by atoms with Gasteiger partial charge in [0.05, 0.1) is 0 Å². The van der Waals surface area contributed by atoms with Crippen molar-refractivity contribution in [3.8, 4) is 0 Å². The topological polar surface area (TPSA) is 3.24 Å². The van der Waals surface area contributed by atoms with Crippen LogP contribution in [0, 0.1) is 0 Å². The number of hydrogen-bond acceptors (Lipinski definition) is 1. The quantitative estimate of drug-likeness (QED) is 0.433. The van der Waals surface area contributed by atoms with Crippen LogP contribution in [0.2, 0.25) is 0 Å². The van der Waals surface area contributed by atoms with Crippen molar-refractivity contribution in [3.63, 3.8) is 0 Å². The molecule has 1 radical (unpaired) electrons. The molecular formula is C15H26Cl2NTi. The number of nitrogens with zero attached hydrogens (tertiary/aromatic N) is 1. The fraction of sp³-hybridized carbons (Fsp3) is 0.667. The van der Waals surface area contributed by atoms with Crippen molar-refractivity contribution in [1.82, 2.24) is 4.90 Å². The van der Waals surface area contributed by atoms with Crippen LogP contribution in [0.4, 0.5) is 0 Å². The molecule has 1 nitrogen and oxygen atoms in total. The zero-order valence-corrected chi connectivity index (χ0v) is 16.0. The first-order chi connectivity index (χ1) is 7.41. The summed E-state index contributed by atoms with van der Waals surface area (Å²) in [5.74, 6) is 1.29. The van der Waals surface area contributed by atoms with Crippen LogP contribution in [0.3, 0.4) is 0 Å². The third-order valence-electron chi connectivity index (χ3n) is 3.15. The molecule has 4 heteroatoms. The maximum absolute atomic E-state index is 2.41. The van der Waals surface area contributed by atoms with Crippen LogP contribution in [-0.2, 0) is 28.1 Å². The van der Waals surface area contributed by atoms with Gasteiger partial charge in [0.25, 0.3) is 0 Å². The van der Waals surface area contributed by atoms with E-state index >= 15 is 0 Å². The second kappa shape index (κ2) is 11.3. The third kappa shape index (κ3) is 7.82. The van der Waals surface area contributed by atoms with Crippen LogP contribution in [0.25, 0.3) is 0 Å². The minimum absolute atomic E-state index is 0. The van der Waals surface area contributed by atoms with Crippen LogP contribution >= 0.6 is 0 Å². The van der Waals surface area contributed by atoms with E-state index in [-0.39, 0.29) is 46.5 Å². The van der Waals surface area contributed by atoms with E-state index in [4.69, 9.17) is 0 Å². The first kappa shape index (κ1) is 24.6. The van der Waals surface area contributed by atoms with Gasteiger partial charge in [0.1, 0.15) is 0 Å². The van der Waals surface area contributed by atoms with Crippen molar-refractivity contribution >= 4 is 0 Å². The first-order valence-electron chi connectivity index (χ1n) is 6.36. The molecule has 0 aliphatic carbocycles. The fourth-order valence-corrected chi connectivity index (χ4v) is 2.03. The van der Waals surface area contributed by atoms with Gasteiger partial charge in [-0.15, -0.1) is 0 Å². The minimum Gasteiger partial charge on any atom is -1.00 e. The molecule has 19 heavy (non-hydrogen) atoms. The van der Waals surface area contributed by atoms with Crippen molar-refractivity contribution in [1.29, 1.82) is 0 Å². The van der Waals surface area contributed by atoms with Gasteiger partial charge in [-0.3, -0.25) is 0 Å². The van der Waals surface area contributed by atoms with E-state index in [1.807, 2.05) is 0 Å². The van der Waals surface area contributed by atoms with Crippen LogP contribution in [0.15, 0.2) is 12.1 Å². The van der Waals surface area contributed by atoms with Crippen LogP contribution in [0.5, 0.6) is 0 Å². The van der Waals surface area contributed by atoms with Gasteiger partial charge in [0.15, 0.2) is 0 Å². The molecule has 0 aromatic heterocycles. The summed E-state index contributed by atoms with van der Waals surface area (Å²) in [6.45, 7) is 10.3. The zero-order chi connectivity index (χ0) is 12.3. The van der Waals surface area contributed by atoms with Gasteiger partial charge in [-0.1, -0.05) is 40.0 Å². The average molecular weight is 339 g/mol. The van der Waals surface area contributed by atoms with E-state index in [9.17, 15) is 0 Å². The molecule has 0 unspecified atom stereocenters. The molecule has 0 amide bonds.